The molecule has 0 saturated carbocycles. The van der Waals surface area contributed by atoms with Crippen LogP contribution in [0.3, 0.4) is 0 Å². The number of nitrogens with zero attached hydrogens (tertiary/aromatic N) is 3. The lowest BCUT2D eigenvalue weighted by molar-refractivity contribution is -0.144. The number of hydrazone groups is 1. The van der Waals surface area contributed by atoms with E-state index in [1.54, 1.807) is 20.8 Å². The van der Waals surface area contributed by atoms with E-state index < -0.39 is 35.4 Å². The maximum absolute atomic E-state index is 12.9. The van der Waals surface area contributed by atoms with Gasteiger partial charge in [-0.3, -0.25) is 9.78 Å². The molecular weight excluding hydrogens is 299 g/mol. The molecule has 0 bridgehead atoms. The molecule has 120 valence electrons. The van der Waals surface area contributed by atoms with Crippen molar-refractivity contribution in [2.24, 2.45) is 10.5 Å². The van der Waals surface area contributed by atoms with Gasteiger partial charge in [0.25, 0.3) is 5.91 Å². The number of rotatable bonds is 1. The largest absolute Gasteiger partial charge is 0.431 e. The highest BCUT2D eigenvalue weighted by Gasteiger charge is 2.57. The third kappa shape index (κ3) is 2.70. The monoisotopic (exact) mass is 315 g/mol. The lowest BCUT2D eigenvalue weighted by Crippen LogP contribution is -2.55. The molecular formula is C14H16F3N3O2. The van der Waals surface area contributed by atoms with Gasteiger partial charge >= 0.3 is 6.18 Å². The quantitative estimate of drug-likeness (QED) is 0.866. The SMILES string of the molecule is CC(C)(C)[C@]1(O)CC(C(F)(F)F)=NN1C(=O)c1ccncc1. The smallest absolute Gasteiger partial charge is 0.368 e. The van der Waals surface area contributed by atoms with Crippen molar-refractivity contribution in [3.8, 4) is 0 Å². The van der Waals surface area contributed by atoms with Crippen LogP contribution in [-0.4, -0.2) is 38.6 Å². The second-order valence-corrected chi connectivity index (χ2v) is 6.14. The van der Waals surface area contributed by atoms with Gasteiger partial charge in [0.2, 0.25) is 0 Å². The van der Waals surface area contributed by atoms with Crippen molar-refractivity contribution in [3.05, 3.63) is 30.1 Å². The van der Waals surface area contributed by atoms with E-state index in [0.29, 0.717) is 5.01 Å². The van der Waals surface area contributed by atoms with Crippen LogP contribution in [0.15, 0.2) is 29.6 Å². The van der Waals surface area contributed by atoms with Gasteiger partial charge in [-0.2, -0.15) is 23.3 Å². The van der Waals surface area contributed by atoms with Crippen LogP contribution in [0.5, 0.6) is 0 Å². The van der Waals surface area contributed by atoms with Crippen LogP contribution in [0.25, 0.3) is 0 Å². The summed E-state index contributed by atoms with van der Waals surface area (Å²) in [4.78, 5) is 16.2. The van der Waals surface area contributed by atoms with E-state index in [9.17, 15) is 23.1 Å². The number of hydrogen-bond donors (Lipinski definition) is 1. The fourth-order valence-corrected chi connectivity index (χ4v) is 2.12. The van der Waals surface area contributed by atoms with Gasteiger partial charge < -0.3 is 5.11 Å². The Labute approximate surface area is 125 Å². The molecule has 8 heteroatoms. The predicted molar refractivity (Wildman–Crippen MR) is 72.9 cm³/mol. The van der Waals surface area contributed by atoms with Gasteiger partial charge in [-0.25, -0.2) is 0 Å². The van der Waals surface area contributed by atoms with Crippen LogP contribution >= 0.6 is 0 Å². The van der Waals surface area contributed by atoms with Crippen molar-refractivity contribution in [1.29, 1.82) is 0 Å². The van der Waals surface area contributed by atoms with Gasteiger partial charge in [-0.1, -0.05) is 20.8 Å². The number of pyridine rings is 1. The molecule has 1 aliphatic heterocycles. The zero-order valence-electron chi connectivity index (χ0n) is 12.3. The van der Waals surface area contributed by atoms with Crippen LogP contribution in [0, 0.1) is 5.41 Å². The average molecular weight is 315 g/mol. The van der Waals surface area contributed by atoms with Gasteiger partial charge in [0.05, 0.1) is 0 Å². The summed E-state index contributed by atoms with van der Waals surface area (Å²) in [6, 6.07) is 2.71. The zero-order chi connectivity index (χ0) is 16.8. The summed E-state index contributed by atoms with van der Waals surface area (Å²) in [5, 5.41) is 14.6. The number of amides is 1. The van der Waals surface area contributed by atoms with Gasteiger partial charge in [0.15, 0.2) is 5.72 Å². The van der Waals surface area contributed by atoms with Crippen molar-refractivity contribution >= 4 is 11.6 Å². The van der Waals surface area contributed by atoms with Crippen molar-refractivity contribution in [3.63, 3.8) is 0 Å². The molecule has 1 amide bonds. The highest BCUT2D eigenvalue weighted by atomic mass is 19.4. The van der Waals surface area contributed by atoms with E-state index >= 15 is 0 Å². The Morgan fingerprint density at radius 3 is 2.27 bits per heavy atom. The first-order valence-electron chi connectivity index (χ1n) is 6.58. The van der Waals surface area contributed by atoms with E-state index in [4.69, 9.17) is 0 Å². The first-order chi connectivity index (χ1) is 9.97. The Kier molecular flexibility index (Phi) is 3.76. The molecule has 2 rings (SSSR count). The van der Waals surface area contributed by atoms with Crippen molar-refractivity contribution < 1.29 is 23.1 Å². The number of aliphatic hydroxyl groups is 1. The van der Waals surface area contributed by atoms with Crippen LogP contribution in [0.4, 0.5) is 13.2 Å². The standard InChI is InChI=1S/C14H16F3N3O2/c1-12(2,3)13(22)8-10(14(15,16)17)19-20(13)11(21)9-4-6-18-7-5-9/h4-7,22H,8H2,1-3H3/t13-/m1/s1. The van der Waals surface area contributed by atoms with Crippen molar-refractivity contribution in [2.75, 3.05) is 0 Å². The van der Waals surface area contributed by atoms with Crippen LogP contribution < -0.4 is 0 Å². The normalized spacial score (nSPS) is 22.7. The first-order valence-corrected chi connectivity index (χ1v) is 6.58. The fraction of sp³-hybridized carbons (Fsp3) is 0.500. The number of hydrogen-bond acceptors (Lipinski definition) is 4. The van der Waals surface area contributed by atoms with Crippen LogP contribution in [0.2, 0.25) is 0 Å². The van der Waals surface area contributed by atoms with Gasteiger partial charge in [-0.05, 0) is 12.1 Å². The maximum atomic E-state index is 12.9. The summed E-state index contributed by atoms with van der Waals surface area (Å²) in [5.41, 5.74) is -4.15. The summed E-state index contributed by atoms with van der Waals surface area (Å²) in [7, 11) is 0. The lowest BCUT2D eigenvalue weighted by atomic mass is 9.80. The summed E-state index contributed by atoms with van der Waals surface area (Å²) in [6.07, 6.45) is -2.79. The average Bonchev–Trinajstić information content (AvgIpc) is 2.78. The second-order valence-electron chi connectivity index (χ2n) is 6.14. The molecule has 0 unspecified atom stereocenters. The highest BCUT2D eigenvalue weighted by molar-refractivity contribution is 5.99. The van der Waals surface area contributed by atoms with Crippen LogP contribution in [0.1, 0.15) is 37.6 Å². The molecule has 0 spiro atoms. The Hall–Kier alpha value is -1.96. The molecule has 0 aromatic carbocycles. The maximum Gasteiger partial charge on any atom is 0.431 e. The number of carbonyl (C=O) groups excluding carboxylic acids is 1. The third-order valence-corrected chi connectivity index (χ3v) is 3.63. The second kappa shape index (κ2) is 5.05. The Bertz CT molecular complexity index is 608. The predicted octanol–water partition coefficient (Wildman–Crippen LogP) is 2.58. The molecule has 2 heterocycles. The van der Waals surface area contributed by atoms with Gasteiger partial charge in [-0.15, -0.1) is 0 Å². The molecule has 0 aliphatic carbocycles. The van der Waals surface area contributed by atoms with E-state index in [1.165, 1.54) is 24.5 Å². The minimum Gasteiger partial charge on any atom is -0.368 e. The summed E-state index contributed by atoms with van der Waals surface area (Å²) >= 11 is 0. The van der Waals surface area contributed by atoms with E-state index in [2.05, 4.69) is 10.1 Å². The lowest BCUT2D eigenvalue weighted by Gasteiger charge is -2.41. The summed E-state index contributed by atoms with van der Waals surface area (Å²) in [6.45, 7) is 4.65. The fourth-order valence-electron chi connectivity index (χ4n) is 2.12. The van der Waals surface area contributed by atoms with Crippen LogP contribution in [-0.2, 0) is 0 Å². The Balaban J connectivity index is 2.48. The molecule has 1 aromatic heterocycles. The molecule has 0 fully saturated rings. The Morgan fingerprint density at radius 2 is 1.82 bits per heavy atom. The molecule has 1 N–H and O–H groups in total. The molecule has 5 nitrogen and oxygen atoms in total. The number of halogens is 3. The zero-order valence-corrected chi connectivity index (χ0v) is 12.3. The minimum absolute atomic E-state index is 0.102. The Morgan fingerprint density at radius 1 is 1.27 bits per heavy atom. The molecule has 1 aromatic rings. The van der Waals surface area contributed by atoms with Crippen molar-refractivity contribution in [2.45, 2.75) is 39.1 Å². The summed E-state index contributed by atoms with van der Waals surface area (Å²) in [5.74, 6) is -0.806. The first kappa shape index (κ1) is 16.4. The molecule has 1 atom stereocenters. The topological polar surface area (TPSA) is 65.8 Å². The van der Waals surface area contributed by atoms with E-state index in [0.717, 1.165) is 0 Å². The van der Waals surface area contributed by atoms with Crippen molar-refractivity contribution in [1.82, 2.24) is 9.99 Å². The number of carbonyl (C=O) groups is 1. The van der Waals surface area contributed by atoms with E-state index in [-0.39, 0.29) is 5.56 Å². The number of aromatic nitrogens is 1. The summed E-state index contributed by atoms with van der Waals surface area (Å²) < 4.78 is 38.8. The van der Waals surface area contributed by atoms with Gasteiger partial charge in [0.1, 0.15) is 5.71 Å². The van der Waals surface area contributed by atoms with E-state index in [1.807, 2.05) is 0 Å². The van der Waals surface area contributed by atoms with Gasteiger partial charge in [0, 0.05) is 29.8 Å². The molecule has 0 radical (unpaired) electrons. The molecule has 0 saturated heterocycles. The molecule has 22 heavy (non-hydrogen) atoms. The minimum atomic E-state index is -4.70. The third-order valence-electron chi connectivity index (χ3n) is 3.63. The molecule has 1 aliphatic rings. The highest BCUT2D eigenvalue weighted by Crippen LogP contribution is 2.43. The number of alkyl halides is 3.